The summed E-state index contributed by atoms with van der Waals surface area (Å²) in [5.74, 6) is 0.986. The van der Waals surface area contributed by atoms with Crippen LogP contribution in [-0.4, -0.2) is 36.4 Å². The number of carbonyl (C=O) groups excluding carboxylic acids is 1. The van der Waals surface area contributed by atoms with Gasteiger partial charge in [0.05, 0.1) is 12.8 Å². The first-order valence-corrected chi connectivity index (χ1v) is 14.4. The van der Waals surface area contributed by atoms with Crippen molar-refractivity contribution in [3.05, 3.63) is 114 Å². The van der Waals surface area contributed by atoms with Gasteiger partial charge < -0.3 is 19.2 Å². The largest absolute Gasteiger partial charge is 0.573 e. The van der Waals surface area contributed by atoms with Crippen LogP contribution in [0.5, 0.6) is 11.5 Å². The molecule has 0 aliphatic carbocycles. The van der Waals surface area contributed by atoms with E-state index in [4.69, 9.17) is 9.15 Å². The highest BCUT2D eigenvalue weighted by Crippen LogP contribution is 2.32. The van der Waals surface area contributed by atoms with Crippen LogP contribution in [0.1, 0.15) is 34.5 Å². The van der Waals surface area contributed by atoms with Crippen LogP contribution in [0.3, 0.4) is 0 Å². The Hall–Kier alpha value is -4.76. The third kappa shape index (κ3) is 6.89. The molecule has 0 spiro atoms. The van der Waals surface area contributed by atoms with E-state index in [2.05, 4.69) is 27.1 Å². The number of rotatable bonds is 8. The number of ether oxygens (including phenoxy) is 2. The first-order chi connectivity index (χ1) is 21.2. The van der Waals surface area contributed by atoms with Crippen LogP contribution < -0.4 is 14.8 Å². The number of alkyl halides is 3. The van der Waals surface area contributed by atoms with Crippen LogP contribution >= 0.6 is 0 Å². The third-order valence-corrected chi connectivity index (χ3v) is 7.78. The molecular weight excluding hydrogens is 569 g/mol. The van der Waals surface area contributed by atoms with Gasteiger partial charge in [-0.3, -0.25) is 9.69 Å². The van der Waals surface area contributed by atoms with Gasteiger partial charge in [0, 0.05) is 41.2 Å². The quantitative estimate of drug-likeness (QED) is 0.193. The Morgan fingerprint density at radius 1 is 0.932 bits per heavy atom. The maximum absolute atomic E-state index is 13.4. The van der Waals surface area contributed by atoms with Crippen molar-refractivity contribution < 1.29 is 31.9 Å². The van der Waals surface area contributed by atoms with Crippen molar-refractivity contribution in [3.8, 4) is 22.6 Å². The Bertz CT molecular complexity index is 1760. The molecule has 226 valence electrons. The molecule has 1 aliphatic rings. The van der Waals surface area contributed by atoms with Gasteiger partial charge in [-0.25, -0.2) is 0 Å². The number of carbonyl (C=O) groups is 1. The molecule has 0 radical (unpaired) electrons. The van der Waals surface area contributed by atoms with Gasteiger partial charge in [-0.2, -0.15) is 0 Å². The summed E-state index contributed by atoms with van der Waals surface area (Å²) in [6, 6.07) is 26.3. The molecule has 1 amide bonds. The van der Waals surface area contributed by atoms with Gasteiger partial charge >= 0.3 is 6.36 Å². The SMILES string of the molecule is Cc1cccc(C(=O)Nc2cccc(OC3CCN(Cc4occ5ccccc45)CC3)c2)c1-c1ccc(OC(F)(F)F)cc1. The Morgan fingerprint density at radius 3 is 2.45 bits per heavy atom. The molecule has 0 saturated carbocycles. The predicted molar refractivity (Wildman–Crippen MR) is 163 cm³/mol. The molecule has 9 heteroatoms. The summed E-state index contributed by atoms with van der Waals surface area (Å²) < 4.78 is 53.9. The minimum absolute atomic E-state index is 0.0539. The molecule has 6 nitrogen and oxygen atoms in total. The van der Waals surface area contributed by atoms with Crippen molar-refractivity contribution in [2.45, 2.75) is 38.8 Å². The molecule has 4 aromatic carbocycles. The van der Waals surface area contributed by atoms with Crippen molar-refractivity contribution in [1.29, 1.82) is 0 Å². The van der Waals surface area contributed by atoms with Crippen molar-refractivity contribution in [1.82, 2.24) is 4.90 Å². The molecular formula is C35H31F3N2O4. The van der Waals surface area contributed by atoms with Gasteiger partial charge in [0.15, 0.2) is 0 Å². The van der Waals surface area contributed by atoms with Crippen LogP contribution in [0.2, 0.25) is 0 Å². The number of fused-ring (bicyclic) bond motifs is 1. The van der Waals surface area contributed by atoms with Crippen LogP contribution in [0.25, 0.3) is 21.9 Å². The van der Waals surface area contributed by atoms with Gasteiger partial charge in [0.2, 0.25) is 0 Å². The van der Waals surface area contributed by atoms with Gasteiger partial charge in [-0.1, -0.05) is 54.6 Å². The number of nitrogens with one attached hydrogen (secondary N) is 1. The standard InChI is InChI=1S/C35H31F3N2O4/c1-23-6-4-11-31(33(23)24-12-14-28(15-13-24)44-35(36,37)38)34(41)39-26-8-5-9-29(20-26)43-27-16-18-40(19-17-27)21-32-30-10-3-2-7-25(30)22-42-32/h2-15,20,22,27H,16-19,21H2,1H3,(H,39,41). The maximum atomic E-state index is 13.4. The summed E-state index contributed by atoms with van der Waals surface area (Å²) in [4.78, 5) is 15.8. The number of halogens is 3. The smallest absolute Gasteiger partial charge is 0.490 e. The highest BCUT2D eigenvalue weighted by molar-refractivity contribution is 6.09. The van der Waals surface area contributed by atoms with Gasteiger partial charge in [-0.05, 0) is 66.8 Å². The van der Waals surface area contributed by atoms with Gasteiger partial charge in [0.25, 0.3) is 5.91 Å². The van der Waals surface area contributed by atoms with Crippen molar-refractivity contribution in [2.75, 3.05) is 18.4 Å². The lowest BCUT2D eigenvalue weighted by atomic mass is 9.94. The molecule has 1 fully saturated rings. The minimum atomic E-state index is -4.78. The summed E-state index contributed by atoms with van der Waals surface area (Å²) in [5.41, 5.74) is 3.02. The lowest BCUT2D eigenvalue weighted by Gasteiger charge is -2.31. The molecule has 2 heterocycles. The number of amides is 1. The van der Waals surface area contributed by atoms with Crippen molar-refractivity contribution >= 4 is 22.4 Å². The topological polar surface area (TPSA) is 63.9 Å². The number of likely N-dealkylation sites (tertiary alicyclic amines) is 1. The highest BCUT2D eigenvalue weighted by atomic mass is 19.4. The average molecular weight is 601 g/mol. The molecule has 1 aromatic heterocycles. The summed E-state index contributed by atoms with van der Waals surface area (Å²) in [6.07, 6.45) is -1.18. The van der Waals surface area contributed by atoms with Crippen LogP contribution in [0.15, 0.2) is 102 Å². The number of hydrogen-bond donors (Lipinski definition) is 1. The zero-order chi connectivity index (χ0) is 30.7. The number of benzene rings is 4. The Labute approximate surface area is 253 Å². The van der Waals surface area contributed by atoms with E-state index in [0.717, 1.165) is 54.6 Å². The van der Waals surface area contributed by atoms with E-state index in [1.807, 2.05) is 37.3 Å². The highest BCUT2D eigenvalue weighted by Gasteiger charge is 2.31. The molecule has 0 atom stereocenters. The Balaban J connectivity index is 1.08. The molecule has 1 N–H and O–H groups in total. The second kappa shape index (κ2) is 12.5. The van der Waals surface area contributed by atoms with E-state index < -0.39 is 6.36 Å². The van der Waals surface area contributed by atoms with Crippen molar-refractivity contribution in [2.24, 2.45) is 0 Å². The van der Waals surface area contributed by atoms with E-state index >= 15 is 0 Å². The van der Waals surface area contributed by atoms with E-state index in [-0.39, 0.29) is 17.8 Å². The maximum Gasteiger partial charge on any atom is 0.573 e. The van der Waals surface area contributed by atoms with Crippen LogP contribution in [0.4, 0.5) is 18.9 Å². The summed E-state index contributed by atoms with van der Waals surface area (Å²) in [7, 11) is 0. The molecule has 1 aliphatic heterocycles. The molecule has 1 saturated heterocycles. The number of aryl methyl sites for hydroxylation is 1. The average Bonchev–Trinajstić information content (AvgIpc) is 3.40. The first kappa shape index (κ1) is 29.3. The lowest BCUT2D eigenvalue weighted by molar-refractivity contribution is -0.274. The fourth-order valence-corrected chi connectivity index (χ4v) is 5.66. The molecule has 0 unspecified atom stereocenters. The van der Waals surface area contributed by atoms with Gasteiger partial charge in [-0.15, -0.1) is 13.2 Å². The van der Waals surface area contributed by atoms with E-state index in [1.165, 1.54) is 24.3 Å². The number of hydrogen-bond acceptors (Lipinski definition) is 5. The summed E-state index contributed by atoms with van der Waals surface area (Å²) in [6.45, 7) is 4.38. The monoisotopic (exact) mass is 600 g/mol. The molecule has 0 bridgehead atoms. The fraction of sp³-hybridized carbons (Fsp3) is 0.229. The van der Waals surface area contributed by atoms with Crippen LogP contribution in [-0.2, 0) is 6.54 Å². The zero-order valence-corrected chi connectivity index (χ0v) is 24.1. The van der Waals surface area contributed by atoms with Crippen molar-refractivity contribution in [3.63, 3.8) is 0 Å². The molecule has 5 aromatic rings. The van der Waals surface area contributed by atoms with E-state index in [9.17, 15) is 18.0 Å². The minimum Gasteiger partial charge on any atom is -0.490 e. The fourth-order valence-electron chi connectivity index (χ4n) is 5.66. The lowest BCUT2D eigenvalue weighted by Crippen LogP contribution is -2.37. The van der Waals surface area contributed by atoms with Gasteiger partial charge in [0.1, 0.15) is 23.4 Å². The number of nitrogens with zero attached hydrogens (tertiary/aromatic N) is 1. The summed E-state index contributed by atoms with van der Waals surface area (Å²) in [5, 5.41) is 5.21. The molecule has 44 heavy (non-hydrogen) atoms. The number of furan rings is 1. The Morgan fingerprint density at radius 2 is 1.68 bits per heavy atom. The normalized spacial score (nSPS) is 14.5. The van der Waals surface area contributed by atoms with Crippen LogP contribution in [0, 0.1) is 6.92 Å². The number of piperidine rings is 1. The van der Waals surface area contributed by atoms with E-state index in [0.29, 0.717) is 28.1 Å². The zero-order valence-electron chi connectivity index (χ0n) is 24.1. The second-order valence-electron chi connectivity index (χ2n) is 10.9. The molecule has 6 rings (SSSR count). The predicted octanol–water partition coefficient (Wildman–Crippen LogP) is 8.60. The first-order valence-electron chi connectivity index (χ1n) is 14.4. The third-order valence-electron chi connectivity index (χ3n) is 7.78. The summed E-state index contributed by atoms with van der Waals surface area (Å²) >= 11 is 0. The van der Waals surface area contributed by atoms with E-state index in [1.54, 1.807) is 30.5 Å². The number of anilines is 1. The second-order valence-corrected chi connectivity index (χ2v) is 10.9. The Kier molecular flexibility index (Phi) is 8.30.